The summed E-state index contributed by atoms with van der Waals surface area (Å²) < 4.78 is 13.1. The van der Waals surface area contributed by atoms with Crippen molar-refractivity contribution in [1.82, 2.24) is 14.9 Å². The minimum Gasteiger partial charge on any atom is -0.324 e. The molecule has 3 aromatic rings. The molecule has 0 unspecified atom stereocenters. The van der Waals surface area contributed by atoms with Crippen LogP contribution in [0.4, 0.5) is 10.1 Å². The third-order valence-corrected chi connectivity index (χ3v) is 5.98. The predicted molar refractivity (Wildman–Crippen MR) is 120 cm³/mol. The van der Waals surface area contributed by atoms with E-state index in [0.29, 0.717) is 41.5 Å². The van der Waals surface area contributed by atoms with Crippen LogP contribution in [0.5, 0.6) is 0 Å². The summed E-state index contributed by atoms with van der Waals surface area (Å²) in [7, 11) is 0. The zero-order valence-corrected chi connectivity index (χ0v) is 17.9. The van der Waals surface area contributed by atoms with Crippen molar-refractivity contribution >= 4 is 23.4 Å². The molecule has 1 aliphatic heterocycles. The second kappa shape index (κ2) is 9.77. The number of benzene rings is 2. The first-order chi connectivity index (χ1) is 15.5. The van der Waals surface area contributed by atoms with Crippen LogP contribution in [0.3, 0.4) is 0 Å². The molecule has 0 aliphatic carbocycles. The number of hydrogen-bond acceptors (Lipinski definition) is 6. The molecule has 7 nitrogen and oxygen atoms in total. The van der Waals surface area contributed by atoms with E-state index in [2.05, 4.69) is 20.2 Å². The van der Waals surface area contributed by atoms with E-state index in [9.17, 15) is 14.0 Å². The number of rotatable bonds is 6. The number of fused-ring (bicyclic) bond motifs is 1. The lowest BCUT2D eigenvalue weighted by Gasteiger charge is -2.27. The second-order valence-corrected chi connectivity index (χ2v) is 8.34. The maximum atomic E-state index is 13.1. The van der Waals surface area contributed by atoms with Crippen LogP contribution in [0.25, 0.3) is 0 Å². The van der Waals surface area contributed by atoms with Crippen LogP contribution in [0, 0.1) is 17.1 Å². The van der Waals surface area contributed by atoms with Crippen molar-refractivity contribution in [3.8, 4) is 6.07 Å². The minimum absolute atomic E-state index is 0.0538. The van der Waals surface area contributed by atoms with Crippen molar-refractivity contribution in [3.05, 3.63) is 87.1 Å². The molecule has 1 aliphatic rings. The zero-order valence-electron chi connectivity index (χ0n) is 17.1. The number of nitrogens with one attached hydrogen (secondary N) is 2. The monoisotopic (exact) mass is 449 g/mol. The summed E-state index contributed by atoms with van der Waals surface area (Å²) in [5.74, 6) is -0.507. The lowest BCUT2D eigenvalue weighted by atomic mass is 10.1. The Bertz CT molecular complexity index is 1240. The number of aromatic amines is 1. The van der Waals surface area contributed by atoms with Gasteiger partial charge in [-0.25, -0.2) is 9.37 Å². The van der Waals surface area contributed by atoms with Crippen LogP contribution >= 0.6 is 11.8 Å². The highest BCUT2D eigenvalue weighted by Crippen LogP contribution is 2.20. The molecule has 0 atom stereocenters. The molecule has 32 heavy (non-hydrogen) atoms. The Morgan fingerprint density at radius 2 is 2.03 bits per heavy atom. The van der Waals surface area contributed by atoms with Gasteiger partial charge < -0.3 is 10.3 Å². The molecule has 2 heterocycles. The average molecular weight is 450 g/mol. The van der Waals surface area contributed by atoms with Gasteiger partial charge in [-0.1, -0.05) is 36.0 Å². The fourth-order valence-corrected chi connectivity index (χ4v) is 4.20. The molecule has 0 radical (unpaired) electrons. The molecule has 9 heteroatoms. The molecule has 0 saturated heterocycles. The molecule has 2 aromatic carbocycles. The van der Waals surface area contributed by atoms with Gasteiger partial charge >= 0.3 is 0 Å². The minimum atomic E-state index is -0.288. The molecule has 0 bridgehead atoms. The van der Waals surface area contributed by atoms with Gasteiger partial charge in [0.1, 0.15) is 11.9 Å². The first kappa shape index (κ1) is 21.7. The quantitative estimate of drug-likeness (QED) is 0.443. The molecule has 0 saturated carbocycles. The first-order valence-electron chi connectivity index (χ1n) is 10.0. The number of amides is 1. The third kappa shape index (κ3) is 5.22. The molecule has 0 fully saturated rings. The van der Waals surface area contributed by atoms with Crippen molar-refractivity contribution in [2.45, 2.75) is 24.7 Å². The molecule has 1 amide bonds. The van der Waals surface area contributed by atoms with Crippen molar-refractivity contribution in [3.63, 3.8) is 0 Å². The summed E-state index contributed by atoms with van der Waals surface area (Å²) in [6, 6.07) is 15.1. The van der Waals surface area contributed by atoms with E-state index in [1.165, 1.54) is 12.1 Å². The maximum Gasteiger partial charge on any atom is 0.256 e. The van der Waals surface area contributed by atoms with Crippen molar-refractivity contribution in [2.24, 2.45) is 0 Å². The number of anilines is 1. The van der Waals surface area contributed by atoms with Gasteiger partial charge in [0.15, 0.2) is 5.16 Å². The van der Waals surface area contributed by atoms with Gasteiger partial charge in [0, 0.05) is 26.1 Å². The number of aromatic nitrogens is 2. The number of halogens is 1. The van der Waals surface area contributed by atoms with Crippen LogP contribution in [0.15, 0.2) is 58.5 Å². The third-order valence-electron chi connectivity index (χ3n) is 5.11. The van der Waals surface area contributed by atoms with Crippen LogP contribution in [-0.4, -0.2) is 33.1 Å². The molecule has 162 valence electrons. The summed E-state index contributed by atoms with van der Waals surface area (Å²) in [4.78, 5) is 34.3. The van der Waals surface area contributed by atoms with E-state index < -0.39 is 0 Å². The zero-order chi connectivity index (χ0) is 22.5. The Morgan fingerprint density at radius 1 is 1.25 bits per heavy atom. The van der Waals surface area contributed by atoms with E-state index in [1.807, 2.05) is 6.07 Å². The Morgan fingerprint density at radius 3 is 2.81 bits per heavy atom. The van der Waals surface area contributed by atoms with Crippen LogP contribution in [-0.2, 0) is 24.3 Å². The topological polar surface area (TPSA) is 102 Å². The SMILES string of the molecule is N#Cc1ccccc1NC(=O)CSc1nc2c(c(=O)[nH]1)CN(Cc1ccc(F)cc1)CC2. The molecule has 1 aromatic heterocycles. The smallest absolute Gasteiger partial charge is 0.256 e. The number of thioether (sulfide) groups is 1. The Labute approximate surface area is 188 Å². The average Bonchev–Trinajstić information content (AvgIpc) is 2.80. The number of nitriles is 1. The normalized spacial score (nSPS) is 13.2. The Kier molecular flexibility index (Phi) is 6.63. The predicted octanol–water partition coefficient (Wildman–Crippen LogP) is 3.07. The van der Waals surface area contributed by atoms with Gasteiger partial charge in [-0.15, -0.1) is 0 Å². The fourth-order valence-electron chi connectivity index (χ4n) is 3.52. The highest BCUT2D eigenvalue weighted by Gasteiger charge is 2.21. The van der Waals surface area contributed by atoms with E-state index in [4.69, 9.17) is 5.26 Å². The van der Waals surface area contributed by atoms with Crippen LogP contribution < -0.4 is 10.9 Å². The first-order valence-corrected chi connectivity index (χ1v) is 11.0. The van der Waals surface area contributed by atoms with Gasteiger partial charge in [0.05, 0.1) is 28.3 Å². The number of nitrogens with zero attached hydrogens (tertiary/aromatic N) is 3. The summed E-state index contributed by atoms with van der Waals surface area (Å²) in [6.45, 7) is 1.82. The molecule has 0 spiro atoms. The van der Waals surface area contributed by atoms with Crippen molar-refractivity contribution in [1.29, 1.82) is 5.26 Å². The van der Waals surface area contributed by atoms with E-state index in [-0.39, 0.29) is 23.0 Å². The number of hydrogen-bond donors (Lipinski definition) is 2. The number of carbonyl (C=O) groups excluding carboxylic acids is 1. The van der Waals surface area contributed by atoms with Gasteiger partial charge in [-0.3, -0.25) is 14.5 Å². The van der Waals surface area contributed by atoms with E-state index in [1.54, 1.807) is 36.4 Å². The lowest BCUT2D eigenvalue weighted by Crippen LogP contribution is -2.35. The molecule has 2 N–H and O–H groups in total. The van der Waals surface area contributed by atoms with Crippen molar-refractivity contribution in [2.75, 3.05) is 17.6 Å². The van der Waals surface area contributed by atoms with Crippen LogP contribution in [0.2, 0.25) is 0 Å². The summed E-state index contributed by atoms with van der Waals surface area (Å²) in [5, 5.41) is 12.2. The largest absolute Gasteiger partial charge is 0.324 e. The van der Waals surface area contributed by atoms with Gasteiger partial charge in [-0.05, 0) is 29.8 Å². The number of para-hydroxylation sites is 1. The Hall–Kier alpha value is -3.48. The second-order valence-electron chi connectivity index (χ2n) is 7.38. The Balaban J connectivity index is 1.38. The maximum absolute atomic E-state index is 13.1. The molecule has 4 rings (SSSR count). The van der Waals surface area contributed by atoms with Gasteiger partial charge in [0.25, 0.3) is 5.56 Å². The van der Waals surface area contributed by atoms with Crippen molar-refractivity contribution < 1.29 is 9.18 Å². The highest BCUT2D eigenvalue weighted by atomic mass is 32.2. The van der Waals surface area contributed by atoms with E-state index in [0.717, 1.165) is 29.6 Å². The summed E-state index contributed by atoms with van der Waals surface area (Å²) >= 11 is 1.14. The number of H-pyrrole nitrogens is 1. The van der Waals surface area contributed by atoms with Gasteiger partial charge in [-0.2, -0.15) is 5.26 Å². The standard InChI is InChI=1S/C23H20FN5O2S/c24-17-7-5-15(6-8-17)12-29-10-9-20-18(13-29)22(31)28-23(27-20)32-14-21(30)26-19-4-2-1-3-16(19)11-25/h1-8H,9-10,12-14H2,(H,26,30)(H,27,28,31). The molecular formula is C23H20FN5O2S. The highest BCUT2D eigenvalue weighted by molar-refractivity contribution is 7.99. The summed E-state index contributed by atoms with van der Waals surface area (Å²) in [6.07, 6.45) is 0.621. The van der Waals surface area contributed by atoms with Gasteiger partial charge in [0.2, 0.25) is 5.91 Å². The summed E-state index contributed by atoms with van der Waals surface area (Å²) in [5.41, 5.74) is 2.97. The lowest BCUT2D eigenvalue weighted by molar-refractivity contribution is -0.113. The number of carbonyl (C=O) groups is 1. The molecular weight excluding hydrogens is 429 g/mol. The van der Waals surface area contributed by atoms with Crippen LogP contribution in [0.1, 0.15) is 22.4 Å². The van der Waals surface area contributed by atoms with E-state index >= 15 is 0 Å². The fraction of sp³-hybridized carbons (Fsp3) is 0.217.